The second kappa shape index (κ2) is 2.39. The summed E-state index contributed by atoms with van der Waals surface area (Å²) < 4.78 is 0. The number of Topliss-reactive ketones (excluding diaryl/α,β-unsaturated/α-hetero) is 1. The molecule has 0 aliphatic heterocycles. The van der Waals surface area contributed by atoms with Crippen molar-refractivity contribution in [3.8, 4) is 0 Å². The van der Waals surface area contributed by atoms with Gasteiger partial charge in [0.05, 0.1) is 0 Å². The van der Waals surface area contributed by atoms with Crippen LogP contribution in [0.3, 0.4) is 0 Å². The number of ketones is 1. The normalized spacial score (nSPS) is 50.9. The SMILES string of the molecule is CC1(C)CCCC2(C)CC(=O)[C@H]3C=CC312. The second-order valence-electron chi connectivity index (χ2n) is 6.65. The molecule has 1 nitrogen and oxygen atoms in total. The van der Waals surface area contributed by atoms with Crippen LogP contribution in [-0.2, 0) is 4.79 Å². The van der Waals surface area contributed by atoms with Crippen molar-refractivity contribution in [3.63, 3.8) is 0 Å². The predicted molar refractivity (Wildman–Crippen MR) is 60.4 cm³/mol. The minimum Gasteiger partial charge on any atom is -0.299 e. The Kier molecular flexibility index (Phi) is 1.53. The molecule has 15 heavy (non-hydrogen) atoms. The van der Waals surface area contributed by atoms with Gasteiger partial charge in [-0.2, -0.15) is 0 Å². The summed E-state index contributed by atoms with van der Waals surface area (Å²) >= 11 is 0. The molecular formula is C14H20O. The van der Waals surface area contributed by atoms with E-state index in [2.05, 4.69) is 32.9 Å². The monoisotopic (exact) mass is 204 g/mol. The van der Waals surface area contributed by atoms with Gasteiger partial charge in [0.25, 0.3) is 0 Å². The third-order valence-electron chi connectivity index (χ3n) is 5.60. The number of rotatable bonds is 0. The van der Waals surface area contributed by atoms with E-state index in [9.17, 15) is 4.79 Å². The first-order chi connectivity index (χ1) is 6.93. The van der Waals surface area contributed by atoms with Gasteiger partial charge in [-0.1, -0.05) is 39.3 Å². The average Bonchev–Trinajstić information content (AvgIpc) is 2.12. The molecule has 3 aliphatic carbocycles. The Morgan fingerprint density at radius 3 is 2.53 bits per heavy atom. The molecule has 1 heteroatoms. The first-order valence-corrected chi connectivity index (χ1v) is 6.15. The average molecular weight is 204 g/mol. The Balaban J connectivity index is 2.18. The van der Waals surface area contributed by atoms with Crippen LogP contribution < -0.4 is 0 Å². The Bertz CT molecular complexity index is 366. The van der Waals surface area contributed by atoms with Crippen LogP contribution in [0.1, 0.15) is 46.5 Å². The molecule has 1 spiro atoms. The van der Waals surface area contributed by atoms with E-state index in [1.54, 1.807) is 0 Å². The highest BCUT2D eigenvalue weighted by atomic mass is 16.1. The lowest BCUT2D eigenvalue weighted by molar-refractivity contribution is -0.123. The van der Waals surface area contributed by atoms with Crippen molar-refractivity contribution in [2.45, 2.75) is 46.5 Å². The van der Waals surface area contributed by atoms with Gasteiger partial charge in [0.1, 0.15) is 5.78 Å². The molecule has 0 aromatic rings. The molecule has 3 atom stereocenters. The minimum atomic E-state index is 0.204. The van der Waals surface area contributed by atoms with E-state index in [1.165, 1.54) is 19.3 Å². The summed E-state index contributed by atoms with van der Waals surface area (Å²) in [5, 5.41) is 0. The molecule has 2 saturated carbocycles. The second-order valence-corrected chi connectivity index (χ2v) is 6.65. The molecule has 0 radical (unpaired) electrons. The lowest BCUT2D eigenvalue weighted by atomic mass is 9.42. The first kappa shape index (κ1) is 9.62. The fraction of sp³-hybridized carbons (Fsp3) is 0.786. The number of carbonyl (C=O) groups excluding carboxylic acids is 1. The molecule has 0 saturated heterocycles. The van der Waals surface area contributed by atoms with Gasteiger partial charge < -0.3 is 0 Å². The van der Waals surface area contributed by atoms with Crippen molar-refractivity contribution in [2.75, 3.05) is 0 Å². The Labute approximate surface area is 91.9 Å². The van der Waals surface area contributed by atoms with E-state index >= 15 is 0 Å². The van der Waals surface area contributed by atoms with Gasteiger partial charge in [-0.3, -0.25) is 4.79 Å². The third-order valence-corrected chi connectivity index (χ3v) is 5.60. The topological polar surface area (TPSA) is 17.1 Å². The first-order valence-electron chi connectivity index (χ1n) is 6.15. The van der Waals surface area contributed by atoms with Gasteiger partial charge in [-0.05, 0) is 23.7 Å². The van der Waals surface area contributed by atoms with E-state index in [-0.39, 0.29) is 16.7 Å². The smallest absolute Gasteiger partial charge is 0.141 e. The van der Waals surface area contributed by atoms with E-state index in [1.807, 2.05) is 0 Å². The van der Waals surface area contributed by atoms with Crippen LogP contribution in [0.25, 0.3) is 0 Å². The molecule has 0 N–H and O–H groups in total. The van der Waals surface area contributed by atoms with Crippen molar-refractivity contribution >= 4 is 5.78 Å². The molecule has 2 fully saturated rings. The zero-order valence-electron chi connectivity index (χ0n) is 9.97. The van der Waals surface area contributed by atoms with Crippen molar-refractivity contribution in [1.29, 1.82) is 0 Å². The molecule has 3 aliphatic rings. The van der Waals surface area contributed by atoms with Gasteiger partial charge in [0.2, 0.25) is 0 Å². The van der Waals surface area contributed by atoms with Crippen molar-refractivity contribution in [2.24, 2.45) is 22.2 Å². The minimum absolute atomic E-state index is 0.204. The maximum atomic E-state index is 12.0. The van der Waals surface area contributed by atoms with Crippen LogP contribution in [-0.4, -0.2) is 5.78 Å². The van der Waals surface area contributed by atoms with E-state index in [0.717, 1.165) is 6.42 Å². The summed E-state index contributed by atoms with van der Waals surface area (Å²) in [6.07, 6.45) is 9.13. The zero-order valence-corrected chi connectivity index (χ0v) is 9.97. The quantitative estimate of drug-likeness (QED) is 0.553. The molecule has 2 unspecified atom stereocenters. The van der Waals surface area contributed by atoms with E-state index in [0.29, 0.717) is 11.2 Å². The predicted octanol–water partition coefficient (Wildman–Crippen LogP) is 3.35. The molecule has 82 valence electrons. The lowest BCUT2D eigenvalue weighted by Crippen LogP contribution is -2.55. The van der Waals surface area contributed by atoms with Gasteiger partial charge in [-0.25, -0.2) is 0 Å². The van der Waals surface area contributed by atoms with Gasteiger partial charge in [0.15, 0.2) is 0 Å². The van der Waals surface area contributed by atoms with Crippen molar-refractivity contribution in [1.82, 2.24) is 0 Å². The Hall–Kier alpha value is -0.590. The lowest BCUT2D eigenvalue weighted by Gasteiger charge is -2.61. The number of hydrogen-bond acceptors (Lipinski definition) is 1. The summed E-state index contributed by atoms with van der Waals surface area (Å²) in [4.78, 5) is 12.0. The van der Waals surface area contributed by atoms with Gasteiger partial charge in [0, 0.05) is 17.8 Å². The fourth-order valence-electron chi connectivity index (χ4n) is 4.85. The summed E-state index contributed by atoms with van der Waals surface area (Å²) in [5.74, 6) is 0.743. The molecule has 0 aromatic heterocycles. The fourth-order valence-corrected chi connectivity index (χ4v) is 4.85. The van der Waals surface area contributed by atoms with E-state index < -0.39 is 0 Å². The molecule has 0 amide bonds. The van der Waals surface area contributed by atoms with Crippen LogP contribution in [0.15, 0.2) is 12.2 Å². The Morgan fingerprint density at radius 1 is 1.27 bits per heavy atom. The van der Waals surface area contributed by atoms with Crippen molar-refractivity contribution < 1.29 is 4.79 Å². The third kappa shape index (κ3) is 0.811. The number of hydrogen-bond donors (Lipinski definition) is 0. The molecule has 0 bridgehead atoms. The molecule has 0 aromatic carbocycles. The van der Waals surface area contributed by atoms with Gasteiger partial charge >= 0.3 is 0 Å². The van der Waals surface area contributed by atoms with E-state index in [4.69, 9.17) is 0 Å². The largest absolute Gasteiger partial charge is 0.299 e. The summed E-state index contributed by atoms with van der Waals surface area (Å²) in [7, 11) is 0. The van der Waals surface area contributed by atoms with Crippen LogP contribution in [0, 0.1) is 22.2 Å². The van der Waals surface area contributed by atoms with Crippen LogP contribution in [0.5, 0.6) is 0 Å². The summed E-state index contributed by atoms with van der Waals surface area (Å²) in [6.45, 7) is 7.06. The van der Waals surface area contributed by atoms with Gasteiger partial charge in [-0.15, -0.1) is 0 Å². The molecular weight excluding hydrogens is 184 g/mol. The standard InChI is InChI=1S/C14H20O/c1-12(2)6-4-7-13(3)9-11(15)10-5-8-14(10,12)13/h5,8,10H,4,6-7,9H2,1-3H3/t10-,13?,14?/m1/s1. The maximum Gasteiger partial charge on any atom is 0.141 e. The highest BCUT2D eigenvalue weighted by molar-refractivity contribution is 5.90. The highest BCUT2D eigenvalue weighted by Gasteiger charge is 2.69. The number of allylic oxidation sites excluding steroid dienone is 2. The number of carbonyl (C=O) groups is 1. The Morgan fingerprint density at radius 2 is 2.00 bits per heavy atom. The highest BCUT2D eigenvalue weighted by Crippen LogP contribution is 2.73. The summed E-state index contributed by atoms with van der Waals surface area (Å²) in [6, 6.07) is 0. The van der Waals surface area contributed by atoms with Crippen LogP contribution in [0.4, 0.5) is 0 Å². The van der Waals surface area contributed by atoms with Crippen molar-refractivity contribution in [3.05, 3.63) is 12.2 Å². The molecule has 3 rings (SSSR count). The summed E-state index contributed by atoms with van der Waals surface area (Å²) in [5.41, 5.74) is 0.770. The maximum absolute atomic E-state index is 12.0. The van der Waals surface area contributed by atoms with Crippen LogP contribution in [0.2, 0.25) is 0 Å². The zero-order chi connectivity index (χ0) is 10.9. The molecule has 0 heterocycles. The van der Waals surface area contributed by atoms with Crippen LogP contribution >= 0.6 is 0 Å².